The van der Waals surface area contributed by atoms with Crippen LogP contribution in [0.1, 0.15) is 25.7 Å². The highest BCUT2D eigenvalue weighted by atomic mass is 35.5. The average Bonchev–Trinajstić information content (AvgIpc) is 2.45. The van der Waals surface area contributed by atoms with Gasteiger partial charge in [-0.1, -0.05) is 0 Å². The lowest BCUT2D eigenvalue weighted by Crippen LogP contribution is -2.34. The molecule has 0 atom stereocenters. The van der Waals surface area contributed by atoms with Crippen molar-refractivity contribution < 1.29 is 9.53 Å². The summed E-state index contributed by atoms with van der Waals surface area (Å²) in [5.41, 5.74) is 0. The molecule has 1 saturated heterocycles. The van der Waals surface area contributed by atoms with E-state index in [4.69, 9.17) is 11.6 Å². The molecule has 1 aliphatic heterocycles. The monoisotopic (exact) mass is 283 g/mol. The lowest BCUT2D eigenvalue weighted by molar-refractivity contribution is -0.141. The van der Waals surface area contributed by atoms with Gasteiger partial charge in [-0.15, -0.1) is 0 Å². The number of ether oxygens (including phenoxy) is 1. The number of rotatable bonds is 4. The molecule has 1 fully saturated rings. The minimum absolute atomic E-state index is 0.120. The molecule has 0 N–H and O–H groups in total. The molecule has 19 heavy (non-hydrogen) atoms. The Kier molecular flexibility index (Phi) is 4.96. The van der Waals surface area contributed by atoms with Gasteiger partial charge in [0.05, 0.1) is 7.11 Å². The van der Waals surface area contributed by atoms with Crippen molar-refractivity contribution >= 4 is 23.4 Å². The number of esters is 1. The van der Waals surface area contributed by atoms with E-state index in [1.54, 1.807) is 6.20 Å². The van der Waals surface area contributed by atoms with Gasteiger partial charge in [-0.05, 0) is 42.8 Å². The average molecular weight is 284 g/mol. The summed E-state index contributed by atoms with van der Waals surface area (Å²) in [6.07, 6.45) is 5.23. The van der Waals surface area contributed by atoms with Crippen molar-refractivity contribution in [1.29, 1.82) is 0 Å². The van der Waals surface area contributed by atoms with Crippen LogP contribution in [0.5, 0.6) is 0 Å². The highest BCUT2D eigenvalue weighted by Gasteiger charge is 2.21. The molecular formula is C13H18ClN3O2. The van der Waals surface area contributed by atoms with Gasteiger partial charge in [-0.25, -0.2) is 9.97 Å². The molecule has 2 heterocycles. The number of piperidine rings is 1. The molecule has 1 aromatic heterocycles. The fourth-order valence-corrected chi connectivity index (χ4v) is 2.52. The van der Waals surface area contributed by atoms with E-state index < -0.39 is 0 Å². The van der Waals surface area contributed by atoms with E-state index in [9.17, 15) is 4.79 Å². The molecule has 0 radical (unpaired) electrons. The number of hydrogen-bond donors (Lipinski definition) is 0. The third-order valence-corrected chi connectivity index (χ3v) is 3.72. The van der Waals surface area contributed by atoms with Crippen molar-refractivity contribution in [3.63, 3.8) is 0 Å². The van der Waals surface area contributed by atoms with E-state index >= 15 is 0 Å². The van der Waals surface area contributed by atoms with Crippen LogP contribution in [0.15, 0.2) is 12.3 Å². The van der Waals surface area contributed by atoms with Crippen LogP contribution in [0.2, 0.25) is 5.28 Å². The number of aromatic nitrogens is 2. The molecule has 2 rings (SSSR count). The van der Waals surface area contributed by atoms with Crippen LogP contribution in [0, 0.1) is 5.92 Å². The predicted molar refractivity (Wildman–Crippen MR) is 73.2 cm³/mol. The van der Waals surface area contributed by atoms with Crippen molar-refractivity contribution in [2.75, 3.05) is 25.1 Å². The van der Waals surface area contributed by atoms with Gasteiger partial charge in [-0.2, -0.15) is 0 Å². The first-order chi connectivity index (χ1) is 9.19. The van der Waals surface area contributed by atoms with Gasteiger partial charge in [0.1, 0.15) is 5.82 Å². The number of nitrogens with zero attached hydrogens (tertiary/aromatic N) is 3. The van der Waals surface area contributed by atoms with Crippen LogP contribution in [-0.4, -0.2) is 36.1 Å². The van der Waals surface area contributed by atoms with E-state index in [0.717, 1.165) is 38.2 Å². The van der Waals surface area contributed by atoms with Crippen molar-refractivity contribution in [1.82, 2.24) is 9.97 Å². The maximum atomic E-state index is 11.1. The van der Waals surface area contributed by atoms with Crippen LogP contribution in [0.4, 0.5) is 5.82 Å². The number of halogens is 1. The molecule has 104 valence electrons. The first-order valence-electron chi connectivity index (χ1n) is 6.49. The molecule has 0 saturated carbocycles. The quantitative estimate of drug-likeness (QED) is 0.627. The second-order valence-corrected chi connectivity index (χ2v) is 5.07. The zero-order valence-electron chi connectivity index (χ0n) is 11.0. The van der Waals surface area contributed by atoms with Crippen molar-refractivity contribution in [2.45, 2.75) is 25.7 Å². The molecule has 0 bridgehead atoms. The summed E-state index contributed by atoms with van der Waals surface area (Å²) in [4.78, 5) is 21.4. The number of methoxy groups -OCH3 is 1. The normalized spacial score (nSPS) is 16.4. The lowest BCUT2D eigenvalue weighted by atomic mass is 9.92. The second-order valence-electron chi connectivity index (χ2n) is 4.73. The minimum Gasteiger partial charge on any atom is -0.469 e. The van der Waals surface area contributed by atoms with E-state index in [2.05, 4.69) is 19.6 Å². The van der Waals surface area contributed by atoms with Crippen LogP contribution in [-0.2, 0) is 9.53 Å². The third kappa shape index (κ3) is 4.06. The summed E-state index contributed by atoms with van der Waals surface area (Å²) in [6, 6.07) is 1.88. The Bertz CT molecular complexity index is 434. The van der Waals surface area contributed by atoms with Crippen molar-refractivity contribution in [3.05, 3.63) is 17.5 Å². The van der Waals surface area contributed by atoms with Gasteiger partial charge in [0, 0.05) is 25.7 Å². The van der Waals surface area contributed by atoms with Crippen LogP contribution < -0.4 is 4.90 Å². The van der Waals surface area contributed by atoms with E-state index in [0.29, 0.717) is 12.3 Å². The van der Waals surface area contributed by atoms with Crippen LogP contribution in [0.3, 0.4) is 0 Å². The lowest BCUT2D eigenvalue weighted by Gasteiger charge is -2.32. The molecule has 0 aliphatic carbocycles. The molecule has 5 nitrogen and oxygen atoms in total. The van der Waals surface area contributed by atoms with E-state index in [1.807, 2.05) is 6.07 Å². The molecule has 0 amide bonds. The Morgan fingerprint density at radius 3 is 2.89 bits per heavy atom. The zero-order chi connectivity index (χ0) is 13.7. The highest BCUT2D eigenvalue weighted by molar-refractivity contribution is 6.28. The first-order valence-corrected chi connectivity index (χ1v) is 6.87. The largest absolute Gasteiger partial charge is 0.469 e. The number of carbonyl (C=O) groups excluding carboxylic acids is 1. The number of hydrogen-bond acceptors (Lipinski definition) is 5. The van der Waals surface area contributed by atoms with E-state index in [1.165, 1.54) is 7.11 Å². The Morgan fingerprint density at radius 2 is 2.26 bits per heavy atom. The minimum atomic E-state index is -0.120. The number of carbonyl (C=O) groups is 1. The van der Waals surface area contributed by atoms with Crippen molar-refractivity contribution in [3.8, 4) is 0 Å². The summed E-state index contributed by atoms with van der Waals surface area (Å²) in [6.45, 7) is 1.89. The highest BCUT2D eigenvalue weighted by Crippen LogP contribution is 2.25. The third-order valence-electron chi connectivity index (χ3n) is 3.53. The van der Waals surface area contributed by atoms with Gasteiger partial charge in [-0.3, -0.25) is 4.79 Å². The smallest absolute Gasteiger partial charge is 0.305 e. The fraction of sp³-hybridized carbons (Fsp3) is 0.615. The van der Waals surface area contributed by atoms with Gasteiger partial charge < -0.3 is 9.64 Å². The Labute approximate surface area is 117 Å². The fourth-order valence-electron chi connectivity index (χ4n) is 2.38. The molecular weight excluding hydrogens is 266 g/mol. The maximum absolute atomic E-state index is 11.1. The van der Waals surface area contributed by atoms with E-state index in [-0.39, 0.29) is 11.3 Å². The summed E-state index contributed by atoms with van der Waals surface area (Å²) >= 11 is 5.79. The Morgan fingerprint density at radius 1 is 1.53 bits per heavy atom. The number of anilines is 1. The SMILES string of the molecule is COC(=O)CCC1CCN(c2ccnc(Cl)n2)CC1. The maximum Gasteiger partial charge on any atom is 0.305 e. The standard InChI is InChI=1S/C13H18ClN3O2/c1-19-12(18)3-2-10-5-8-17(9-6-10)11-4-7-15-13(14)16-11/h4,7,10H,2-3,5-6,8-9H2,1H3. The summed E-state index contributed by atoms with van der Waals surface area (Å²) < 4.78 is 4.66. The Balaban J connectivity index is 1.81. The molecule has 6 heteroatoms. The summed E-state index contributed by atoms with van der Waals surface area (Å²) in [7, 11) is 1.43. The molecule has 0 unspecified atom stereocenters. The predicted octanol–water partition coefficient (Wildman–Crippen LogP) is 2.30. The van der Waals surface area contributed by atoms with Crippen LogP contribution >= 0.6 is 11.6 Å². The van der Waals surface area contributed by atoms with Gasteiger partial charge in [0.2, 0.25) is 5.28 Å². The molecule has 1 aliphatic rings. The van der Waals surface area contributed by atoms with Gasteiger partial charge in [0.15, 0.2) is 0 Å². The topological polar surface area (TPSA) is 55.3 Å². The Hall–Kier alpha value is -1.36. The molecule has 0 aromatic carbocycles. The first kappa shape index (κ1) is 14.1. The van der Waals surface area contributed by atoms with Crippen LogP contribution in [0.25, 0.3) is 0 Å². The zero-order valence-corrected chi connectivity index (χ0v) is 11.8. The second kappa shape index (κ2) is 6.70. The van der Waals surface area contributed by atoms with Gasteiger partial charge in [0.25, 0.3) is 0 Å². The van der Waals surface area contributed by atoms with Gasteiger partial charge >= 0.3 is 5.97 Å². The summed E-state index contributed by atoms with van der Waals surface area (Å²) in [5, 5.41) is 0.283. The molecule has 1 aromatic rings. The molecule has 0 spiro atoms. The van der Waals surface area contributed by atoms with Crippen molar-refractivity contribution in [2.24, 2.45) is 5.92 Å². The summed E-state index contributed by atoms with van der Waals surface area (Å²) in [5.74, 6) is 1.35.